The van der Waals surface area contributed by atoms with Gasteiger partial charge in [0.1, 0.15) is 0 Å². The van der Waals surface area contributed by atoms with Crippen LogP contribution in [-0.2, 0) is 4.74 Å². The molecule has 0 bridgehead atoms. The zero-order valence-electron chi connectivity index (χ0n) is 12.6. The number of carbonyl (C=O) groups is 1. The molecule has 2 atom stereocenters. The van der Waals surface area contributed by atoms with Gasteiger partial charge >= 0.3 is 0 Å². The number of amides is 1. The summed E-state index contributed by atoms with van der Waals surface area (Å²) in [6.45, 7) is 9.22. The van der Waals surface area contributed by atoms with Crippen LogP contribution in [-0.4, -0.2) is 46.3 Å². The Morgan fingerprint density at radius 1 is 1.60 bits per heavy atom. The first-order valence-corrected chi connectivity index (χ1v) is 7.22. The second kappa shape index (κ2) is 5.83. The van der Waals surface area contributed by atoms with E-state index in [1.54, 1.807) is 0 Å². The number of nitrogen functional groups attached to an aromatic ring is 1. The lowest BCUT2D eigenvalue weighted by Gasteiger charge is -2.38. The van der Waals surface area contributed by atoms with Crippen molar-refractivity contribution in [1.82, 2.24) is 15.1 Å². The second-order valence-electron chi connectivity index (χ2n) is 5.72. The normalized spacial score (nSPS) is 23.4. The molecule has 2 unspecified atom stereocenters. The first-order valence-electron chi connectivity index (χ1n) is 7.22. The van der Waals surface area contributed by atoms with E-state index in [1.165, 1.54) is 0 Å². The Balaban J connectivity index is 2.25. The minimum atomic E-state index is -0.104. The fourth-order valence-electron chi connectivity index (χ4n) is 2.53. The SMILES string of the molecule is CCC1COC(C)CN1C(=O)c1n[nH]c(C(C)C)c1N. The molecule has 3 N–H and O–H groups in total. The number of anilines is 1. The Kier molecular flexibility index (Phi) is 4.32. The molecule has 1 aliphatic heterocycles. The number of aromatic nitrogens is 2. The summed E-state index contributed by atoms with van der Waals surface area (Å²) in [5.41, 5.74) is 7.69. The van der Waals surface area contributed by atoms with E-state index in [4.69, 9.17) is 10.5 Å². The van der Waals surface area contributed by atoms with Gasteiger partial charge in [-0.25, -0.2) is 0 Å². The lowest BCUT2D eigenvalue weighted by molar-refractivity contribution is -0.0445. The van der Waals surface area contributed by atoms with E-state index in [1.807, 2.05) is 25.7 Å². The third-order valence-corrected chi connectivity index (χ3v) is 3.81. The molecule has 1 saturated heterocycles. The summed E-state index contributed by atoms with van der Waals surface area (Å²) < 4.78 is 5.62. The monoisotopic (exact) mass is 280 g/mol. The predicted molar refractivity (Wildman–Crippen MR) is 77.6 cm³/mol. The minimum Gasteiger partial charge on any atom is -0.395 e. The maximum absolute atomic E-state index is 12.7. The Hall–Kier alpha value is -1.56. The Bertz CT molecular complexity index is 484. The number of aromatic amines is 1. The molecule has 0 aromatic carbocycles. The zero-order chi connectivity index (χ0) is 14.9. The fourth-order valence-corrected chi connectivity index (χ4v) is 2.53. The molecule has 1 amide bonds. The van der Waals surface area contributed by atoms with Crippen LogP contribution >= 0.6 is 0 Å². The minimum absolute atomic E-state index is 0.0477. The van der Waals surface area contributed by atoms with Crippen molar-refractivity contribution in [1.29, 1.82) is 0 Å². The maximum Gasteiger partial charge on any atom is 0.276 e. The highest BCUT2D eigenvalue weighted by Crippen LogP contribution is 2.25. The largest absolute Gasteiger partial charge is 0.395 e. The quantitative estimate of drug-likeness (QED) is 0.883. The molecule has 1 aliphatic rings. The molecular formula is C14H24N4O2. The molecule has 0 aliphatic carbocycles. The van der Waals surface area contributed by atoms with Crippen LogP contribution in [0.2, 0.25) is 0 Å². The van der Waals surface area contributed by atoms with Gasteiger partial charge in [0.25, 0.3) is 5.91 Å². The first kappa shape index (κ1) is 14.8. The number of nitrogens with zero attached hydrogens (tertiary/aromatic N) is 2. The van der Waals surface area contributed by atoms with Crippen LogP contribution in [0.4, 0.5) is 5.69 Å². The van der Waals surface area contributed by atoms with Crippen molar-refractivity contribution in [2.45, 2.75) is 52.2 Å². The Morgan fingerprint density at radius 3 is 2.85 bits per heavy atom. The van der Waals surface area contributed by atoms with Crippen LogP contribution in [0.15, 0.2) is 0 Å². The number of nitrogens with two attached hydrogens (primary N) is 1. The topological polar surface area (TPSA) is 84.2 Å². The summed E-state index contributed by atoms with van der Waals surface area (Å²) >= 11 is 0. The number of hydrogen-bond donors (Lipinski definition) is 2. The molecule has 0 saturated carbocycles. The van der Waals surface area contributed by atoms with Crippen molar-refractivity contribution in [3.05, 3.63) is 11.4 Å². The summed E-state index contributed by atoms with van der Waals surface area (Å²) in [6.07, 6.45) is 0.909. The van der Waals surface area contributed by atoms with Crippen molar-refractivity contribution < 1.29 is 9.53 Å². The molecular weight excluding hydrogens is 256 g/mol. The van der Waals surface area contributed by atoms with Crippen molar-refractivity contribution in [2.75, 3.05) is 18.9 Å². The van der Waals surface area contributed by atoms with Crippen molar-refractivity contribution in [3.63, 3.8) is 0 Å². The highest BCUT2D eigenvalue weighted by molar-refractivity contribution is 5.98. The molecule has 2 rings (SSSR count). The van der Waals surface area contributed by atoms with Crippen LogP contribution in [0.1, 0.15) is 56.2 Å². The third-order valence-electron chi connectivity index (χ3n) is 3.81. The van der Waals surface area contributed by atoms with Crippen molar-refractivity contribution in [3.8, 4) is 0 Å². The fraction of sp³-hybridized carbons (Fsp3) is 0.714. The van der Waals surface area contributed by atoms with Gasteiger partial charge in [0.2, 0.25) is 0 Å². The summed E-state index contributed by atoms with van der Waals surface area (Å²) in [7, 11) is 0. The average Bonchev–Trinajstić information content (AvgIpc) is 2.79. The summed E-state index contributed by atoms with van der Waals surface area (Å²) in [6, 6.07) is 0.0947. The van der Waals surface area contributed by atoms with Crippen molar-refractivity contribution >= 4 is 11.6 Å². The van der Waals surface area contributed by atoms with Crippen LogP contribution in [0.25, 0.3) is 0 Å². The maximum atomic E-state index is 12.7. The molecule has 20 heavy (non-hydrogen) atoms. The lowest BCUT2D eigenvalue weighted by Crippen LogP contribution is -2.51. The highest BCUT2D eigenvalue weighted by atomic mass is 16.5. The molecule has 6 nitrogen and oxygen atoms in total. The van der Waals surface area contributed by atoms with E-state index in [0.29, 0.717) is 24.5 Å². The van der Waals surface area contributed by atoms with Gasteiger partial charge in [-0.1, -0.05) is 20.8 Å². The molecule has 2 heterocycles. The van der Waals surface area contributed by atoms with Gasteiger partial charge in [0, 0.05) is 6.54 Å². The summed E-state index contributed by atoms with van der Waals surface area (Å²) in [5.74, 6) is 0.113. The van der Waals surface area contributed by atoms with Gasteiger partial charge in [-0.05, 0) is 19.3 Å². The van der Waals surface area contributed by atoms with Crippen LogP contribution in [0, 0.1) is 0 Å². The average molecular weight is 280 g/mol. The second-order valence-corrected chi connectivity index (χ2v) is 5.72. The van der Waals surface area contributed by atoms with Crippen molar-refractivity contribution in [2.24, 2.45) is 0 Å². The first-order chi connectivity index (χ1) is 9.45. The molecule has 1 aromatic rings. The third kappa shape index (κ3) is 2.65. The standard InChI is InChI=1S/C14H24N4O2/c1-5-10-7-20-9(4)6-18(10)14(19)13-11(15)12(8(2)3)16-17-13/h8-10H,5-7,15H2,1-4H3,(H,16,17). The van der Waals surface area contributed by atoms with E-state index in [9.17, 15) is 4.79 Å². The molecule has 6 heteroatoms. The number of rotatable bonds is 3. The van der Waals surface area contributed by atoms with Crippen LogP contribution < -0.4 is 5.73 Å². The molecule has 1 fully saturated rings. The highest BCUT2D eigenvalue weighted by Gasteiger charge is 2.32. The Morgan fingerprint density at radius 2 is 2.30 bits per heavy atom. The van der Waals surface area contributed by atoms with E-state index in [2.05, 4.69) is 17.1 Å². The number of nitrogens with one attached hydrogen (secondary N) is 1. The smallest absolute Gasteiger partial charge is 0.276 e. The molecule has 0 spiro atoms. The predicted octanol–water partition coefficient (Wildman–Crippen LogP) is 1.75. The summed E-state index contributed by atoms with van der Waals surface area (Å²) in [4.78, 5) is 14.5. The molecule has 112 valence electrons. The van der Waals surface area contributed by atoms with E-state index < -0.39 is 0 Å². The van der Waals surface area contributed by atoms with Gasteiger partial charge in [0.15, 0.2) is 5.69 Å². The van der Waals surface area contributed by atoms with Crippen LogP contribution in [0.5, 0.6) is 0 Å². The zero-order valence-corrected chi connectivity index (χ0v) is 12.6. The Labute approximate surface area is 119 Å². The molecule has 0 radical (unpaired) electrons. The number of morpholine rings is 1. The van der Waals surface area contributed by atoms with E-state index >= 15 is 0 Å². The number of H-pyrrole nitrogens is 1. The van der Waals surface area contributed by atoms with E-state index in [-0.39, 0.29) is 24.0 Å². The van der Waals surface area contributed by atoms with Crippen LogP contribution in [0.3, 0.4) is 0 Å². The van der Waals surface area contributed by atoms with Gasteiger partial charge < -0.3 is 15.4 Å². The number of carbonyl (C=O) groups excluding carboxylic acids is 1. The van der Waals surface area contributed by atoms with E-state index in [0.717, 1.165) is 12.1 Å². The van der Waals surface area contributed by atoms with Gasteiger partial charge in [-0.3, -0.25) is 9.89 Å². The lowest BCUT2D eigenvalue weighted by atomic mass is 10.1. The number of ether oxygens (including phenoxy) is 1. The molecule has 1 aromatic heterocycles. The van der Waals surface area contributed by atoms with Gasteiger partial charge in [-0.15, -0.1) is 0 Å². The number of hydrogen-bond acceptors (Lipinski definition) is 4. The summed E-state index contributed by atoms with van der Waals surface area (Å²) in [5, 5.41) is 7.01. The van der Waals surface area contributed by atoms with Gasteiger partial charge in [0.05, 0.1) is 30.1 Å². The van der Waals surface area contributed by atoms with Gasteiger partial charge in [-0.2, -0.15) is 5.10 Å².